The summed E-state index contributed by atoms with van der Waals surface area (Å²) in [5.74, 6) is 1.37. The second kappa shape index (κ2) is 10.9. The van der Waals surface area contributed by atoms with Crippen LogP contribution in [0.5, 0.6) is 28.7 Å². The summed E-state index contributed by atoms with van der Waals surface area (Å²) in [6.45, 7) is 1.96. The lowest BCUT2D eigenvalue weighted by Crippen LogP contribution is -2.21. The van der Waals surface area contributed by atoms with E-state index in [0.717, 1.165) is 0 Å². The smallest absolute Gasteiger partial charge is 0.352 e. The van der Waals surface area contributed by atoms with E-state index in [4.69, 9.17) is 28.4 Å². The Morgan fingerprint density at radius 2 is 1.64 bits per heavy atom. The highest BCUT2D eigenvalue weighted by atomic mass is 16.6. The number of carbonyl (C=O) groups excluding carboxylic acids is 2. The third-order valence-corrected chi connectivity index (χ3v) is 5.48. The Kier molecular flexibility index (Phi) is 7.44. The van der Waals surface area contributed by atoms with Crippen LogP contribution in [0.4, 0.5) is 0 Å². The lowest BCUT2D eigenvalue weighted by atomic mass is 10.1. The highest BCUT2D eigenvalue weighted by Crippen LogP contribution is 2.40. The summed E-state index contributed by atoms with van der Waals surface area (Å²) in [6, 6.07) is 17.3. The minimum atomic E-state index is -0.962. The predicted molar refractivity (Wildman–Crippen MR) is 132 cm³/mol. The Morgan fingerprint density at radius 1 is 0.944 bits per heavy atom. The Balaban J connectivity index is 1.61. The van der Waals surface area contributed by atoms with E-state index in [2.05, 4.69) is 0 Å². The van der Waals surface area contributed by atoms with Crippen LogP contribution in [0.1, 0.15) is 34.5 Å². The van der Waals surface area contributed by atoms with E-state index >= 15 is 0 Å². The highest BCUT2D eigenvalue weighted by molar-refractivity contribution is 6.14. The standard InChI is InChI=1S/C28H26O8/c1-5-34-28(30)26(18-9-7-6-8-10-18)35-19-11-12-20-21(16-19)36-22(25(20)29)13-17-14-23(31-2)27(33-4)24(15-17)32-3/h6-16,26H,5H2,1-4H3/t26-/m0/s1. The number of carbonyl (C=O) groups is 2. The maximum Gasteiger partial charge on any atom is 0.352 e. The number of methoxy groups -OCH3 is 3. The molecule has 0 aromatic heterocycles. The average Bonchev–Trinajstić information content (AvgIpc) is 3.21. The molecule has 0 bridgehead atoms. The molecule has 0 N–H and O–H groups in total. The van der Waals surface area contributed by atoms with Crippen LogP contribution in [0, 0.1) is 0 Å². The number of allylic oxidation sites excluding steroid dienone is 1. The van der Waals surface area contributed by atoms with Crippen LogP contribution in [0.25, 0.3) is 6.08 Å². The summed E-state index contributed by atoms with van der Waals surface area (Å²) in [5.41, 5.74) is 1.66. The first-order valence-corrected chi connectivity index (χ1v) is 11.3. The van der Waals surface area contributed by atoms with Crippen molar-refractivity contribution in [2.45, 2.75) is 13.0 Å². The zero-order valence-corrected chi connectivity index (χ0v) is 20.4. The second-order valence-corrected chi connectivity index (χ2v) is 7.72. The van der Waals surface area contributed by atoms with E-state index in [9.17, 15) is 9.59 Å². The summed E-state index contributed by atoms with van der Waals surface area (Å²) >= 11 is 0. The molecule has 0 saturated heterocycles. The summed E-state index contributed by atoms with van der Waals surface area (Å²) in [5, 5.41) is 0. The number of hydrogen-bond donors (Lipinski definition) is 0. The van der Waals surface area contributed by atoms with Crippen molar-refractivity contribution in [1.29, 1.82) is 0 Å². The van der Waals surface area contributed by atoms with Crippen molar-refractivity contribution >= 4 is 17.8 Å². The number of ketones is 1. The van der Waals surface area contributed by atoms with Crippen LogP contribution < -0.4 is 23.7 Å². The molecule has 0 amide bonds. The first kappa shape index (κ1) is 24.7. The zero-order chi connectivity index (χ0) is 25.7. The minimum Gasteiger partial charge on any atom is -0.493 e. The molecule has 3 aromatic carbocycles. The van der Waals surface area contributed by atoms with Gasteiger partial charge in [-0.2, -0.15) is 0 Å². The van der Waals surface area contributed by atoms with E-state index in [-0.39, 0.29) is 18.1 Å². The first-order valence-electron chi connectivity index (χ1n) is 11.3. The number of hydrogen-bond acceptors (Lipinski definition) is 8. The number of rotatable bonds is 9. The Hall–Kier alpha value is -4.46. The predicted octanol–water partition coefficient (Wildman–Crippen LogP) is 5.01. The van der Waals surface area contributed by atoms with Crippen molar-refractivity contribution in [2.75, 3.05) is 27.9 Å². The molecule has 0 radical (unpaired) electrons. The summed E-state index contributed by atoms with van der Waals surface area (Å²) in [7, 11) is 4.55. The van der Waals surface area contributed by atoms with Crippen molar-refractivity contribution in [3.05, 3.63) is 83.1 Å². The van der Waals surface area contributed by atoms with Gasteiger partial charge in [0, 0.05) is 11.6 Å². The normalized spacial score (nSPS) is 14.0. The number of fused-ring (bicyclic) bond motifs is 1. The number of benzene rings is 3. The van der Waals surface area contributed by atoms with Gasteiger partial charge >= 0.3 is 5.97 Å². The van der Waals surface area contributed by atoms with Gasteiger partial charge in [0.2, 0.25) is 17.6 Å². The molecule has 4 rings (SSSR count). The SMILES string of the molecule is CCOC(=O)[C@@H](Oc1ccc2c(c1)OC(=Cc1cc(OC)c(OC)c(OC)c1)C2=O)c1ccccc1. The van der Waals surface area contributed by atoms with E-state index < -0.39 is 12.1 Å². The van der Waals surface area contributed by atoms with Crippen LogP contribution in [-0.2, 0) is 9.53 Å². The number of ether oxygens (including phenoxy) is 6. The minimum absolute atomic E-state index is 0.126. The lowest BCUT2D eigenvalue weighted by molar-refractivity contribution is -0.151. The van der Waals surface area contributed by atoms with Gasteiger partial charge in [-0.1, -0.05) is 30.3 Å². The van der Waals surface area contributed by atoms with Crippen molar-refractivity contribution in [3.63, 3.8) is 0 Å². The van der Waals surface area contributed by atoms with E-state index in [1.54, 1.807) is 55.5 Å². The van der Waals surface area contributed by atoms with Crippen LogP contribution in [0.3, 0.4) is 0 Å². The van der Waals surface area contributed by atoms with Gasteiger partial charge in [-0.15, -0.1) is 0 Å². The lowest BCUT2D eigenvalue weighted by Gasteiger charge is -2.18. The average molecular weight is 491 g/mol. The molecule has 1 heterocycles. The zero-order valence-electron chi connectivity index (χ0n) is 20.4. The van der Waals surface area contributed by atoms with Gasteiger partial charge in [-0.25, -0.2) is 4.79 Å². The fourth-order valence-electron chi connectivity index (χ4n) is 3.81. The van der Waals surface area contributed by atoms with Gasteiger partial charge in [0.25, 0.3) is 0 Å². The first-order chi connectivity index (χ1) is 17.5. The summed E-state index contributed by atoms with van der Waals surface area (Å²) in [6.07, 6.45) is 0.634. The van der Waals surface area contributed by atoms with E-state index in [0.29, 0.717) is 45.4 Å². The van der Waals surface area contributed by atoms with Crippen molar-refractivity contribution in [2.24, 2.45) is 0 Å². The molecule has 0 unspecified atom stereocenters. The molecule has 1 atom stereocenters. The molecule has 1 aliphatic heterocycles. The van der Waals surface area contributed by atoms with E-state index in [1.165, 1.54) is 21.3 Å². The molecule has 0 saturated carbocycles. The largest absolute Gasteiger partial charge is 0.493 e. The van der Waals surface area contributed by atoms with Crippen molar-refractivity contribution in [1.82, 2.24) is 0 Å². The maximum absolute atomic E-state index is 13.0. The topological polar surface area (TPSA) is 89.5 Å². The fraction of sp³-hybridized carbons (Fsp3) is 0.214. The molecular weight excluding hydrogens is 464 g/mol. The Labute approximate surface area is 209 Å². The van der Waals surface area contributed by atoms with Gasteiger partial charge in [-0.3, -0.25) is 4.79 Å². The van der Waals surface area contributed by atoms with Crippen LogP contribution in [0.2, 0.25) is 0 Å². The third kappa shape index (κ3) is 4.98. The van der Waals surface area contributed by atoms with Crippen LogP contribution in [-0.4, -0.2) is 39.7 Å². The number of esters is 1. The second-order valence-electron chi connectivity index (χ2n) is 7.72. The molecule has 0 fully saturated rings. The maximum atomic E-state index is 13.0. The fourth-order valence-corrected chi connectivity index (χ4v) is 3.81. The molecule has 0 spiro atoms. The molecule has 0 aliphatic carbocycles. The molecule has 186 valence electrons. The summed E-state index contributed by atoms with van der Waals surface area (Å²) in [4.78, 5) is 25.6. The molecule has 1 aliphatic rings. The molecule has 8 nitrogen and oxygen atoms in total. The van der Waals surface area contributed by atoms with Gasteiger partial charge in [0.1, 0.15) is 11.5 Å². The van der Waals surface area contributed by atoms with Gasteiger partial charge < -0.3 is 28.4 Å². The van der Waals surface area contributed by atoms with Gasteiger partial charge in [0.15, 0.2) is 17.3 Å². The van der Waals surface area contributed by atoms with Crippen molar-refractivity contribution in [3.8, 4) is 28.7 Å². The summed E-state index contributed by atoms with van der Waals surface area (Å²) < 4.78 is 33.2. The molecule has 3 aromatic rings. The van der Waals surface area contributed by atoms with Crippen LogP contribution in [0.15, 0.2) is 66.4 Å². The Morgan fingerprint density at radius 3 is 2.25 bits per heavy atom. The van der Waals surface area contributed by atoms with Crippen LogP contribution >= 0.6 is 0 Å². The molecule has 8 heteroatoms. The van der Waals surface area contributed by atoms with E-state index in [1.807, 2.05) is 18.2 Å². The quantitative estimate of drug-likeness (QED) is 0.305. The monoisotopic (exact) mass is 490 g/mol. The van der Waals surface area contributed by atoms with Crippen molar-refractivity contribution < 1.29 is 38.0 Å². The third-order valence-electron chi connectivity index (χ3n) is 5.48. The van der Waals surface area contributed by atoms with Gasteiger partial charge in [0.05, 0.1) is 33.5 Å². The molecule has 36 heavy (non-hydrogen) atoms. The molecular formula is C28H26O8. The van der Waals surface area contributed by atoms with Gasteiger partial charge in [-0.05, 0) is 42.8 Å². The highest BCUT2D eigenvalue weighted by Gasteiger charge is 2.30. The Bertz CT molecular complexity index is 1270. The number of Topliss-reactive ketones (excluding diaryl/α,β-unsaturated/α-hetero) is 1.